The Kier molecular flexibility index (Phi) is 7.97. The molecule has 0 aliphatic heterocycles. The number of para-hydroxylation sites is 1. The number of hydroxylamine groups is 1. The summed E-state index contributed by atoms with van der Waals surface area (Å²) in [6.07, 6.45) is 0. The van der Waals surface area contributed by atoms with E-state index in [-0.39, 0.29) is 26.5 Å². The standard InChI is InChI=1S/C21H23N3O5.CH4/c1-24(2)13-17-16-5-3-4-6-18(16)29-19(17)21(26)22-11-12-28-15-9-7-14(8-10-15)20(25)23-27;/h3-10,27H,11-13H2,1-2H3,(H,22,26)(H,23,25);1H4. The van der Waals surface area contributed by atoms with Crippen LogP contribution in [0.3, 0.4) is 0 Å². The molecule has 0 spiro atoms. The second kappa shape index (κ2) is 10.4. The summed E-state index contributed by atoms with van der Waals surface area (Å²) in [5.41, 5.74) is 3.41. The Balaban J connectivity index is 0.00000320. The summed E-state index contributed by atoms with van der Waals surface area (Å²) in [7, 11) is 3.87. The average Bonchev–Trinajstić information content (AvgIpc) is 3.09. The molecule has 160 valence electrons. The van der Waals surface area contributed by atoms with Crippen LogP contribution < -0.4 is 15.5 Å². The first-order valence-electron chi connectivity index (χ1n) is 9.10. The lowest BCUT2D eigenvalue weighted by molar-refractivity contribution is 0.0706. The third kappa shape index (κ3) is 5.37. The van der Waals surface area contributed by atoms with Gasteiger partial charge in [0.25, 0.3) is 11.8 Å². The monoisotopic (exact) mass is 413 g/mol. The molecule has 30 heavy (non-hydrogen) atoms. The summed E-state index contributed by atoms with van der Waals surface area (Å²) in [6, 6.07) is 13.9. The minimum Gasteiger partial charge on any atom is -0.492 e. The highest BCUT2D eigenvalue weighted by molar-refractivity contribution is 5.99. The number of amides is 2. The summed E-state index contributed by atoms with van der Waals surface area (Å²) >= 11 is 0. The van der Waals surface area contributed by atoms with Gasteiger partial charge < -0.3 is 19.4 Å². The van der Waals surface area contributed by atoms with Gasteiger partial charge in [0.05, 0.1) is 6.54 Å². The van der Waals surface area contributed by atoms with Gasteiger partial charge in [-0.15, -0.1) is 0 Å². The van der Waals surface area contributed by atoms with Gasteiger partial charge in [-0.3, -0.25) is 14.8 Å². The third-order valence-electron chi connectivity index (χ3n) is 4.25. The molecule has 0 aliphatic carbocycles. The van der Waals surface area contributed by atoms with Crippen LogP contribution in [0.5, 0.6) is 5.75 Å². The highest BCUT2D eigenvalue weighted by Crippen LogP contribution is 2.26. The van der Waals surface area contributed by atoms with Crippen molar-refractivity contribution >= 4 is 22.8 Å². The number of carbonyl (C=O) groups excluding carboxylic acids is 2. The third-order valence-corrected chi connectivity index (χ3v) is 4.25. The van der Waals surface area contributed by atoms with Crippen molar-refractivity contribution in [3.63, 3.8) is 0 Å². The number of rotatable bonds is 8. The van der Waals surface area contributed by atoms with E-state index in [2.05, 4.69) is 5.32 Å². The Morgan fingerprint density at radius 1 is 1.07 bits per heavy atom. The highest BCUT2D eigenvalue weighted by Gasteiger charge is 2.20. The van der Waals surface area contributed by atoms with Crippen LogP contribution in [0.2, 0.25) is 0 Å². The number of nitrogens with one attached hydrogen (secondary N) is 2. The normalized spacial score (nSPS) is 10.5. The van der Waals surface area contributed by atoms with Crippen molar-refractivity contribution in [2.45, 2.75) is 14.0 Å². The molecule has 0 saturated carbocycles. The Morgan fingerprint density at radius 3 is 2.43 bits per heavy atom. The van der Waals surface area contributed by atoms with Gasteiger partial charge in [0.15, 0.2) is 5.76 Å². The average molecular weight is 413 g/mol. The number of hydrogen-bond acceptors (Lipinski definition) is 6. The van der Waals surface area contributed by atoms with Gasteiger partial charge in [-0.05, 0) is 44.4 Å². The zero-order chi connectivity index (χ0) is 20.8. The van der Waals surface area contributed by atoms with Crippen LogP contribution >= 0.6 is 0 Å². The van der Waals surface area contributed by atoms with Crippen LogP contribution in [-0.2, 0) is 6.54 Å². The van der Waals surface area contributed by atoms with Crippen LogP contribution in [0.15, 0.2) is 52.9 Å². The largest absolute Gasteiger partial charge is 0.492 e. The molecule has 8 nitrogen and oxygen atoms in total. The van der Waals surface area contributed by atoms with Crippen molar-refractivity contribution in [3.05, 3.63) is 65.4 Å². The summed E-state index contributed by atoms with van der Waals surface area (Å²) in [6.45, 7) is 1.13. The lowest BCUT2D eigenvalue weighted by Crippen LogP contribution is -2.29. The van der Waals surface area contributed by atoms with Gasteiger partial charge in [-0.25, -0.2) is 5.48 Å². The van der Waals surface area contributed by atoms with Crippen molar-refractivity contribution in [2.24, 2.45) is 0 Å². The van der Waals surface area contributed by atoms with E-state index in [4.69, 9.17) is 14.4 Å². The first-order valence-corrected chi connectivity index (χ1v) is 9.10. The second-order valence-corrected chi connectivity index (χ2v) is 6.71. The minimum absolute atomic E-state index is 0. The van der Waals surface area contributed by atoms with E-state index in [1.54, 1.807) is 17.6 Å². The summed E-state index contributed by atoms with van der Waals surface area (Å²) in [4.78, 5) is 25.9. The van der Waals surface area contributed by atoms with Gasteiger partial charge in [0.1, 0.15) is 17.9 Å². The van der Waals surface area contributed by atoms with Crippen molar-refractivity contribution in [1.29, 1.82) is 0 Å². The number of hydrogen-bond donors (Lipinski definition) is 3. The van der Waals surface area contributed by atoms with Crippen LogP contribution in [0.1, 0.15) is 33.9 Å². The van der Waals surface area contributed by atoms with E-state index in [0.29, 0.717) is 29.2 Å². The molecule has 0 saturated heterocycles. The Bertz CT molecular complexity index is 996. The molecule has 3 rings (SSSR count). The van der Waals surface area contributed by atoms with Crippen molar-refractivity contribution in [3.8, 4) is 5.75 Å². The molecule has 0 unspecified atom stereocenters. The molecule has 1 aromatic heterocycles. The van der Waals surface area contributed by atoms with E-state index in [1.807, 2.05) is 43.3 Å². The number of furan rings is 1. The maximum absolute atomic E-state index is 12.6. The molecule has 3 N–H and O–H groups in total. The van der Waals surface area contributed by atoms with Gasteiger partial charge in [-0.1, -0.05) is 25.6 Å². The highest BCUT2D eigenvalue weighted by atomic mass is 16.5. The topological polar surface area (TPSA) is 104 Å². The molecule has 0 fully saturated rings. The van der Waals surface area contributed by atoms with Gasteiger partial charge >= 0.3 is 0 Å². The lowest BCUT2D eigenvalue weighted by atomic mass is 10.1. The first-order chi connectivity index (χ1) is 14.0. The predicted molar refractivity (Wildman–Crippen MR) is 114 cm³/mol. The fourth-order valence-electron chi connectivity index (χ4n) is 2.94. The number of benzene rings is 2. The summed E-state index contributed by atoms with van der Waals surface area (Å²) < 4.78 is 11.4. The van der Waals surface area contributed by atoms with E-state index < -0.39 is 5.91 Å². The van der Waals surface area contributed by atoms with E-state index in [1.165, 1.54) is 12.1 Å². The number of fused-ring (bicyclic) bond motifs is 1. The van der Waals surface area contributed by atoms with Crippen LogP contribution in [0.25, 0.3) is 11.0 Å². The molecule has 8 heteroatoms. The molecule has 0 aliphatic rings. The van der Waals surface area contributed by atoms with Crippen LogP contribution in [0, 0.1) is 0 Å². The second-order valence-electron chi connectivity index (χ2n) is 6.71. The zero-order valence-corrected chi connectivity index (χ0v) is 16.3. The van der Waals surface area contributed by atoms with Gasteiger partial charge in [0, 0.05) is 23.1 Å². The van der Waals surface area contributed by atoms with Crippen molar-refractivity contribution < 1.29 is 24.0 Å². The molecule has 1 heterocycles. The smallest absolute Gasteiger partial charge is 0.287 e. The fourth-order valence-corrected chi connectivity index (χ4v) is 2.94. The summed E-state index contributed by atoms with van der Waals surface area (Å²) in [5.74, 6) is -0.0372. The zero-order valence-electron chi connectivity index (χ0n) is 16.3. The maximum Gasteiger partial charge on any atom is 0.287 e. The van der Waals surface area contributed by atoms with E-state index in [9.17, 15) is 9.59 Å². The first kappa shape index (κ1) is 22.9. The van der Waals surface area contributed by atoms with Crippen LogP contribution in [-0.4, -0.2) is 49.2 Å². The number of nitrogens with zero attached hydrogens (tertiary/aromatic N) is 1. The molecular formula is C22H27N3O5. The minimum atomic E-state index is -0.594. The van der Waals surface area contributed by atoms with Crippen molar-refractivity contribution in [1.82, 2.24) is 15.7 Å². The van der Waals surface area contributed by atoms with E-state index in [0.717, 1.165) is 10.9 Å². The van der Waals surface area contributed by atoms with Crippen molar-refractivity contribution in [2.75, 3.05) is 27.2 Å². The van der Waals surface area contributed by atoms with Crippen LogP contribution in [0.4, 0.5) is 0 Å². The fraction of sp³-hybridized carbons (Fsp3) is 0.273. The molecule has 2 amide bonds. The molecule has 3 aromatic rings. The molecule has 0 atom stereocenters. The quantitative estimate of drug-likeness (QED) is 0.298. The number of carbonyl (C=O) groups is 2. The molecule has 0 bridgehead atoms. The summed E-state index contributed by atoms with van der Waals surface area (Å²) in [5, 5.41) is 12.3. The Labute approximate surface area is 175 Å². The Hall–Kier alpha value is -3.36. The van der Waals surface area contributed by atoms with E-state index >= 15 is 0 Å². The molecule has 0 radical (unpaired) electrons. The van der Waals surface area contributed by atoms with Gasteiger partial charge in [-0.2, -0.15) is 0 Å². The maximum atomic E-state index is 12.6. The predicted octanol–water partition coefficient (Wildman–Crippen LogP) is 3.06. The van der Waals surface area contributed by atoms with Gasteiger partial charge in [0.2, 0.25) is 0 Å². The molecular weight excluding hydrogens is 386 g/mol. The lowest BCUT2D eigenvalue weighted by Gasteiger charge is -2.11. The molecule has 2 aromatic carbocycles. The SMILES string of the molecule is C.CN(C)Cc1c(C(=O)NCCOc2ccc(C(=O)NO)cc2)oc2ccccc12. The number of ether oxygens (including phenoxy) is 1. The Morgan fingerprint density at radius 2 is 1.77 bits per heavy atom.